The molecule has 0 aromatic rings. The Bertz CT molecular complexity index is 63.3. The summed E-state index contributed by atoms with van der Waals surface area (Å²) in [5, 5.41) is 0. The molecule has 0 saturated heterocycles. The van der Waals surface area contributed by atoms with Gasteiger partial charge < -0.3 is 7.58 Å². The molecule has 0 spiro atoms. The summed E-state index contributed by atoms with van der Waals surface area (Å²) in [6.07, 6.45) is 0. The predicted molar refractivity (Wildman–Crippen MR) is 9.73 cm³/mol. The maximum absolute atomic E-state index is 8.67. The Balaban J connectivity index is -0.0000000150. The molecule has 4 N–H and O–H groups in total. The van der Waals surface area contributed by atoms with Crippen LogP contribution in [0.15, 0.2) is 0 Å². The molecule has 0 aliphatic heterocycles. The van der Waals surface area contributed by atoms with Crippen LogP contribution in [0.3, 0.4) is 0 Å². The van der Waals surface area contributed by atoms with Gasteiger partial charge in [0.2, 0.25) is 0 Å². The molecule has 0 aliphatic rings. The minimum absolute atomic E-state index is 0. The summed E-state index contributed by atoms with van der Waals surface area (Å²) >= 11 is -3.69. The van der Waals surface area contributed by atoms with Crippen molar-refractivity contribution in [2.75, 3.05) is 0 Å². The molecular formula is H5NNaO3V. The van der Waals surface area contributed by atoms with E-state index >= 15 is 0 Å². The van der Waals surface area contributed by atoms with Crippen LogP contribution in [0, 0.1) is 0 Å². The fourth-order valence-corrected chi connectivity index (χ4v) is 0. The molecule has 6 heavy (non-hydrogen) atoms. The average Bonchev–Trinajstić information content (AvgIpc) is 0.811. The Morgan fingerprint density at radius 2 is 1.50 bits per heavy atom. The first-order chi connectivity index (χ1) is 1.73. The van der Waals surface area contributed by atoms with E-state index in [1.165, 1.54) is 0 Å². The van der Waals surface area contributed by atoms with Crippen molar-refractivity contribution in [1.29, 1.82) is 0 Å². The van der Waals surface area contributed by atoms with Crippen molar-refractivity contribution < 1.29 is 57.8 Å². The summed E-state index contributed by atoms with van der Waals surface area (Å²) in [5.74, 6) is 0. The first kappa shape index (κ1) is 15.7. The minimum atomic E-state index is -3.69. The van der Waals surface area contributed by atoms with Crippen molar-refractivity contribution in [3.05, 3.63) is 0 Å². The molecule has 0 unspecified atom stereocenters. The standard InChI is InChI=1S/H3N.Na.H2O.2O.V.H/h1H3;;1H2;;;;/q;+1;;;;+1;-1/p-1. The van der Waals surface area contributed by atoms with Crippen molar-refractivity contribution in [1.82, 2.24) is 6.15 Å². The molecule has 0 aromatic heterocycles. The molecule has 0 aromatic carbocycles. The molecule has 0 bridgehead atoms. The Labute approximate surface area is 63.6 Å². The summed E-state index contributed by atoms with van der Waals surface area (Å²) < 4.78 is 24.4. The van der Waals surface area contributed by atoms with E-state index in [1.807, 2.05) is 0 Å². The topological polar surface area (TPSA) is 89.4 Å². The molecule has 0 fully saturated rings. The van der Waals surface area contributed by atoms with Gasteiger partial charge in [0.05, 0.1) is 0 Å². The van der Waals surface area contributed by atoms with Gasteiger partial charge >= 0.3 is 56.3 Å². The van der Waals surface area contributed by atoms with Gasteiger partial charge in [-0.3, -0.25) is 0 Å². The Morgan fingerprint density at radius 3 is 1.50 bits per heavy atom. The molecule has 0 heterocycles. The Morgan fingerprint density at radius 1 is 1.50 bits per heavy atom. The van der Waals surface area contributed by atoms with Crippen LogP contribution in [0.1, 0.15) is 1.43 Å². The molecule has 0 amide bonds. The van der Waals surface area contributed by atoms with Gasteiger partial charge in [0, 0.05) is 0 Å². The van der Waals surface area contributed by atoms with Crippen LogP contribution >= 0.6 is 0 Å². The van der Waals surface area contributed by atoms with Gasteiger partial charge in [-0.15, -0.1) is 0 Å². The SMILES string of the molecule is N.[H-].[Na+].[O]=[V](=[O])[OH]. The zero-order chi connectivity index (χ0) is 3.58. The van der Waals surface area contributed by atoms with Crippen LogP contribution in [0.4, 0.5) is 0 Å². The molecule has 0 saturated carbocycles. The normalized spacial score (nSPS) is 4.17. The van der Waals surface area contributed by atoms with E-state index in [1.54, 1.807) is 0 Å². The molecule has 0 atom stereocenters. The van der Waals surface area contributed by atoms with E-state index in [4.69, 9.17) is 11.4 Å². The van der Waals surface area contributed by atoms with Gasteiger partial charge in [-0.05, 0) is 0 Å². The molecule has 0 aliphatic carbocycles. The van der Waals surface area contributed by atoms with Crippen LogP contribution < -0.4 is 35.7 Å². The van der Waals surface area contributed by atoms with Crippen molar-refractivity contribution in [3.63, 3.8) is 0 Å². The van der Waals surface area contributed by atoms with E-state index < -0.39 is 15.4 Å². The van der Waals surface area contributed by atoms with E-state index in [-0.39, 0.29) is 37.1 Å². The maximum atomic E-state index is 8.67. The third kappa shape index (κ3) is 70.5. The van der Waals surface area contributed by atoms with Crippen LogP contribution in [-0.2, 0) is 22.7 Å². The summed E-state index contributed by atoms with van der Waals surface area (Å²) in [7, 11) is 0. The summed E-state index contributed by atoms with van der Waals surface area (Å²) in [5.41, 5.74) is 0. The van der Waals surface area contributed by atoms with Gasteiger partial charge in [-0.25, -0.2) is 0 Å². The predicted octanol–water partition coefficient (Wildman–Crippen LogP) is -3.52. The van der Waals surface area contributed by atoms with E-state index in [0.717, 1.165) is 0 Å². The van der Waals surface area contributed by atoms with Gasteiger partial charge in [-0.2, -0.15) is 0 Å². The van der Waals surface area contributed by atoms with Gasteiger partial charge in [0.1, 0.15) is 0 Å². The first-order valence-electron chi connectivity index (χ1n) is 0.565. The molecule has 4 nitrogen and oxygen atoms in total. The molecule has 34 valence electrons. The van der Waals surface area contributed by atoms with Gasteiger partial charge in [-0.1, -0.05) is 0 Å². The quantitative estimate of drug-likeness (QED) is 0.342. The molecule has 0 rings (SSSR count). The zero-order valence-electron chi connectivity index (χ0n) is 4.42. The Kier molecular flexibility index (Phi) is 24.7. The van der Waals surface area contributed by atoms with E-state index in [2.05, 4.69) is 0 Å². The van der Waals surface area contributed by atoms with Gasteiger partial charge in [0.15, 0.2) is 0 Å². The van der Waals surface area contributed by atoms with Crippen molar-refractivity contribution in [3.8, 4) is 0 Å². The second kappa shape index (κ2) is 9.44. The van der Waals surface area contributed by atoms with E-state index in [9.17, 15) is 0 Å². The average molecular weight is 141 g/mol. The van der Waals surface area contributed by atoms with Crippen LogP contribution in [0.2, 0.25) is 0 Å². The Hall–Kier alpha value is 1.10. The zero-order valence-corrected chi connectivity index (χ0v) is 6.81. The fourth-order valence-electron chi connectivity index (χ4n) is 0. The third-order valence-electron chi connectivity index (χ3n) is 0. The number of rotatable bonds is 0. The monoisotopic (exact) mass is 141 g/mol. The van der Waals surface area contributed by atoms with Crippen molar-refractivity contribution >= 4 is 0 Å². The molecular weight excluding hydrogens is 136 g/mol. The van der Waals surface area contributed by atoms with Crippen molar-refractivity contribution in [2.45, 2.75) is 0 Å². The van der Waals surface area contributed by atoms with Crippen molar-refractivity contribution in [2.24, 2.45) is 0 Å². The second-order valence-electron chi connectivity index (χ2n) is 0.238. The molecule has 0 radical (unpaired) electrons. The third-order valence-corrected chi connectivity index (χ3v) is 0. The summed E-state index contributed by atoms with van der Waals surface area (Å²) in [6, 6.07) is 0. The summed E-state index contributed by atoms with van der Waals surface area (Å²) in [6.45, 7) is 0. The second-order valence-corrected chi connectivity index (χ2v) is 0.981. The van der Waals surface area contributed by atoms with Crippen LogP contribution in [0.5, 0.6) is 0 Å². The number of hydrogen-bond donors (Lipinski definition) is 2. The van der Waals surface area contributed by atoms with E-state index in [0.29, 0.717) is 0 Å². The van der Waals surface area contributed by atoms with Gasteiger partial charge in [0.25, 0.3) is 0 Å². The fraction of sp³-hybridized carbons (Fsp3) is 0. The summed E-state index contributed by atoms with van der Waals surface area (Å²) in [4.78, 5) is 0. The number of hydrogen-bond acceptors (Lipinski definition) is 3. The first-order valence-corrected chi connectivity index (χ1v) is 2.33. The molecule has 6 heteroatoms. The van der Waals surface area contributed by atoms with Crippen LogP contribution in [0.25, 0.3) is 0 Å². The van der Waals surface area contributed by atoms with Crippen LogP contribution in [-0.4, -0.2) is 4.03 Å².